The molecule has 4 nitrogen and oxygen atoms in total. The molecule has 2 rings (SSSR count). The number of para-hydroxylation sites is 1. The van der Waals surface area contributed by atoms with Gasteiger partial charge in [-0.05, 0) is 24.3 Å². The Morgan fingerprint density at radius 2 is 1.71 bits per heavy atom. The minimum Gasteiger partial charge on any atom is -0.494 e. The molecular formula is C15H11Cl2F3N2O2. The number of rotatable bonds is 4. The quantitative estimate of drug-likeness (QED) is 0.752. The van der Waals surface area contributed by atoms with Crippen LogP contribution < -0.4 is 15.6 Å². The number of nitrogens with one attached hydrogen (secondary N) is 2. The molecule has 2 aromatic rings. The van der Waals surface area contributed by atoms with Crippen molar-refractivity contribution in [1.82, 2.24) is 5.43 Å². The second kappa shape index (κ2) is 7.19. The Kier molecular flexibility index (Phi) is 5.46. The highest BCUT2D eigenvalue weighted by atomic mass is 35.5. The van der Waals surface area contributed by atoms with Crippen LogP contribution in [0, 0.1) is 0 Å². The topological polar surface area (TPSA) is 50.4 Å². The number of carbonyl (C=O) groups is 1. The molecule has 2 N–H and O–H groups in total. The molecular weight excluding hydrogens is 368 g/mol. The Bertz CT molecular complexity index is 744. The Balaban J connectivity index is 2.18. The summed E-state index contributed by atoms with van der Waals surface area (Å²) >= 11 is 11.8. The highest BCUT2D eigenvalue weighted by molar-refractivity contribution is 6.37. The van der Waals surface area contributed by atoms with E-state index in [-0.39, 0.29) is 27.0 Å². The summed E-state index contributed by atoms with van der Waals surface area (Å²) in [6.45, 7) is 0. The van der Waals surface area contributed by atoms with Crippen LogP contribution in [-0.4, -0.2) is 13.0 Å². The van der Waals surface area contributed by atoms with Crippen LogP contribution in [0.3, 0.4) is 0 Å². The van der Waals surface area contributed by atoms with E-state index in [1.54, 1.807) is 0 Å². The van der Waals surface area contributed by atoms with Gasteiger partial charge in [0.2, 0.25) is 0 Å². The van der Waals surface area contributed by atoms with E-state index in [4.69, 9.17) is 27.9 Å². The first-order valence-corrected chi connectivity index (χ1v) is 7.25. The molecule has 9 heteroatoms. The van der Waals surface area contributed by atoms with E-state index in [0.717, 1.165) is 6.07 Å². The van der Waals surface area contributed by atoms with Crippen LogP contribution in [0.4, 0.5) is 18.9 Å². The number of carbonyl (C=O) groups excluding carboxylic acids is 1. The van der Waals surface area contributed by atoms with E-state index in [0.29, 0.717) is 0 Å². The minimum absolute atomic E-state index is 0.0581. The van der Waals surface area contributed by atoms with Crippen LogP contribution in [0.25, 0.3) is 0 Å². The molecule has 0 radical (unpaired) electrons. The zero-order valence-electron chi connectivity index (χ0n) is 12.2. The van der Waals surface area contributed by atoms with E-state index in [1.807, 2.05) is 0 Å². The van der Waals surface area contributed by atoms with Gasteiger partial charge in [-0.25, -0.2) is 0 Å². The maximum Gasteiger partial charge on any atom is 0.418 e. The molecule has 2 aromatic carbocycles. The van der Waals surface area contributed by atoms with Gasteiger partial charge in [-0.3, -0.25) is 15.6 Å². The lowest BCUT2D eigenvalue weighted by Gasteiger charge is -2.15. The summed E-state index contributed by atoms with van der Waals surface area (Å²) in [5, 5.41) is 0.205. The number of ether oxygens (including phenoxy) is 1. The summed E-state index contributed by atoms with van der Waals surface area (Å²) in [4.78, 5) is 12.1. The van der Waals surface area contributed by atoms with E-state index < -0.39 is 17.6 Å². The number of hydrazine groups is 1. The predicted octanol–water partition coefficient (Wildman–Crippen LogP) is 4.78. The number of halogens is 5. The summed E-state index contributed by atoms with van der Waals surface area (Å²) in [5.74, 6) is -0.510. The summed E-state index contributed by atoms with van der Waals surface area (Å²) < 4.78 is 43.6. The van der Waals surface area contributed by atoms with Crippen LogP contribution in [0.1, 0.15) is 15.9 Å². The molecule has 0 aromatic heterocycles. The van der Waals surface area contributed by atoms with Crippen molar-refractivity contribution in [3.8, 4) is 5.75 Å². The second-order valence-electron chi connectivity index (χ2n) is 4.60. The average molecular weight is 379 g/mol. The van der Waals surface area contributed by atoms with Gasteiger partial charge in [-0.1, -0.05) is 35.3 Å². The van der Waals surface area contributed by atoms with Gasteiger partial charge >= 0.3 is 6.18 Å². The standard InChI is InChI=1S/C15H11Cl2F3N2O2/c1-24-13-10(16)6-8(7-11(13)17)14(23)22-21-12-5-3-2-4-9(12)15(18,19)20/h2-7,21H,1H3,(H,22,23). The third-order valence-corrected chi connectivity index (χ3v) is 3.57. The zero-order chi connectivity index (χ0) is 17.9. The Morgan fingerprint density at radius 1 is 1.12 bits per heavy atom. The fourth-order valence-corrected chi connectivity index (χ4v) is 2.56. The van der Waals surface area contributed by atoms with Crippen LogP contribution in [0.5, 0.6) is 5.75 Å². The van der Waals surface area contributed by atoms with E-state index in [1.165, 1.54) is 37.4 Å². The largest absolute Gasteiger partial charge is 0.494 e. The summed E-state index contributed by atoms with van der Waals surface area (Å²) in [5.41, 5.74) is 3.29. The number of amides is 1. The lowest BCUT2D eigenvalue weighted by Crippen LogP contribution is -2.30. The minimum atomic E-state index is -4.55. The molecule has 0 aliphatic heterocycles. The first kappa shape index (κ1) is 18.2. The first-order valence-electron chi connectivity index (χ1n) is 6.49. The number of alkyl halides is 3. The predicted molar refractivity (Wildman–Crippen MR) is 85.5 cm³/mol. The number of hydrogen-bond acceptors (Lipinski definition) is 3. The van der Waals surface area contributed by atoms with Gasteiger partial charge in [0.25, 0.3) is 5.91 Å². The highest BCUT2D eigenvalue weighted by Gasteiger charge is 2.33. The van der Waals surface area contributed by atoms with Crippen LogP contribution in [0.2, 0.25) is 10.0 Å². The van der Waals surface area contributed by atoms with Gasteiger partial charge in [0.05, 0.1) is 28.4 Å². The molecule has 0 heterocycles. The third kappa shape index (κ3) is 4.04. The maximum absolute atomic E-state index is 12.9. The van der Waals surface area contributed by atoms with Gasteiger partial charge in [0, 0.05) is 5.56 Å². The molecule has 0 aliphatic rings. The van der Waals surface area contributed by atoms with Gasteiger partial charge in [0.15, 0.2) is 5.75 Å². The van der Waals surface area contributed by atoms with E-state index in [2.05, 4.69) is 10.9 Å². The average Bonchev–Trinajstić information content (AvgIpc) is 2.51. The van der Waals surface area contributed by atoms with Crippen LogP contribution >= 0.6 is 23.2 Å². The lowest BCUT2D eigenvalue weighted by atomic mass is 10.2. The van der Waals surface area contributed by atoms with Gasteiger partial charge in [0.1, 0.15) is 0 Å². The van der Waals surface area contributed by atoms with E-state index >= 15 is 0 Å². The fraction of sp³-hybridized carbons (Fsp3) is 0.133. The summed E-state index contributed by atoms with van der Waals surface area (Å²) in [6, 6.07) is 7.33. The van der Waals surface area contributed by atoms with Crippen molar-refractivity contribution in [3.05, 3.63) is 57.6 Å². The van der Waals surface area contributed by atoms with Crippen molar-refractivity contribution >= 4 is 34.8 Å². The Morgan fingerprint density at radius 3 is 2.25 bits per heavy atom. The molecule has 0 spiro atoms. The van der Waals surface area contributed by atoms with Crippen LogP contribution in [-0.2, 0) is 6.18 Å². The van der Waals surface area contributed by atoms with Crippen molar-refractivity contribution in [3.63, 3.8) is 0 Å². The Hall–Kier alpha value is -2.12. The van der Waals surface area contributed by atoms with Crippen LogP contribution in [0.15, 0.2) is 36.4 Å². The molecule has 24 heavy (non-hydrogen) atoms. The SMILES string of the molecule is COc1c(Cl)cc(C(=O)NNc2ccccc2C(F)(F)F)cc1Cl. The van der Waals surface area contributed by atoms with Crippen molar-refractivity contribution < 1.29 is 22.7 Å². The lowest BCUT2D eigenvalue weighted by molar-refractivity contribution is -0.137. The molecule has 0 atom stereocenters. The number of hydrogen-bond donors (Lipinski definition) is 2. The molecule has 0 unspecified atom stereocenters. The first-order chi connectivity index (χ1) is 11.2. The van der Waals surface area contributed by atoms with Gasteiger partial charge in [-0.2, -0.15) is 13.2 Å². The number of anilines is 1. The highest BCUT2D eigenvalue weighted by Crippen LogP contribution is 2.35. The number of benzene rings is 2. The second-order valence-corrected chi connectivity index (χ2v) is 5.41. The molecule has 0 aliphatic carbocycles. The monoisotopic (exact) mass is 378 g/mol. The number of methoxy groups -OCH3 is 1. The summed E-state index contributed by atoms with van der Waals surface area (Å²) in [7, 11) is 1.36. The fourth-order valence-electron chi connectivity index (χ4n) is 1.92. The van der Waals surface area contributed by atoms with Crippen molar-refractivity contribution in [1.29, 1.82) is 0 Å². The molecule has 0 bridgehead atoms. The maximum atomic E-state index is 12.9. The smallest absolute Gasteiger partial charge is 0.418 e. The molecule has 1 amide bonds. The molecule has 0 saturated carbocycles. The molecule has 0 fully saturated rings. The summed E-state index contributed by atoms with van der Waals surface area (Å²) in [6.07, 6.45) is -4.55. The van der Waals surface area contributed by atoms with Gasteiger partial charge < -0.3 is 4.74 Å². The zero-order valence-corrected chi connectivity index (χ0v) is 13.7. The van der Waals surface area contributed by atoms with Crippen molar-refractivity contribution in [2.45, 2.75) is 6.18 Å². The van der Waals surface area contributed by atoms with Gasteiger partial charge in [-0.15, -0.1) is 0 Å². The van der Waals surface area contributed by atoms with Crippen molar-refractivity contribution in [2.24, 2.45) is 0 Å². The normalized spacial score (nSPS) is 11.1. The molecule has 128 valence electrons. The van der Waals surface area contributed by atoms with E-state index in [9.17, 15) is 18.0 Å². The third-order valence-electron chi connectivity index (χ3n) is 3.01. The molecule has 0 saturated heterocycles. The Labute approximate surface area is 145 Å². The van der Waals surface area contributed by atoms with Crippen molar-refractivity contribution in [2.75, 3.05) is 12.5 Å².